The van der Waals surface area contributed by atoms with Crippen molar-refractivity contribution in [1.29, 1.82) is 0 Å². The molecule has 0 aliphatic heterocycles. The van der Waals surface area contributed by atoms with Crippen molar-refractivity contribution in [2.75, 3.05) is 13.2 Å². The number of carbonyl (C=O) groups is 3. The highest BCUT2D eigenvalue weighted by Gasteiger charge is 2.19. The highest BCUT2D eigenvalue weighted by atomic mass is 16.6. The number of ether oxygens (including phenoxy) is 3. The first-order chi connectivity index (χ1) is 36.5. The number of allylic oxidation sites excluding steroid dienone is 16. The van der Waals surface area contributed by atoms with Gasteiger partial charge in [0.25, 0.3) is 0 Å². The highest BCUT2D eigenvalue weighted by molar-refractivity contribution is 5.71. The third kappa shape index (κ3) is 59.2. The Kier molecular flexibility index (Phi) is 58.8. The summed E-state index contributed by atoms with van der Waals surface area (Å²) in [6.07, 6.45) is 82.7. The molecule has 0 heterocycles. The van der Waals surface area contributed by atoms with Crippen LogP contribution in [0.5, 0.6) is 0 Å². The Labute approximate surface area is 457 Å². The van der Waals surface area contributed by atoms with Crippen LogP contribution in [0.25, 0.3) is 0 Å². The van der Waals surface area contributed by atoms with Crippen molar-refractivity contribution >= 4 is 17.9 Å². The van der Waals surface area contributed by atoms with Crippen molar-refractivity contribution in [3.8, 4) is 0 Å². The zero-order chi connectivity index (χ0) is 53.6. The topological polar surface area (TPSA) is 78.9 Å². The van der Waals surface area contributed by atoms with E-state index in [2.05, 4.69) is 118 Å². The first-order valence-electron chi connectivity index (χ1n) is 31.2. The van der Waals surface area contributed by atoms with E-state index in [1.54, 1.807) is 0 Å². The summed E-state index contributed by atoms with van der Waals surface area (Å²) in [6, 6.07) is 0. The Morgan fingerprint density at radius 2 is 0.527 bits per heavy atom. The molecule has 0 saturated heterocycles. The molecule has 1 unspecified atom stereocenters. The van der Waals surface area contributed by atoms with Gasteiger partial charge in [-0.3, -0.25) is 14.4 Å². The van der Waals surface area contributed by atoms with Crippen LogP contribution in [0.4, 0.5) is 0 Å². The lowest BCUT2D eigenvalue weighted by Gasteiger charge is -2.18. The number of hydrogen-bond donors (Lipinski definition) is 0. The molecule has 0 N–H and O–H groups in total. The van der Waals surface area contributed by atoms with Crippen LogP contribution in [0.15, 0.2) is 97.2 Å². The van der Waals surface area contributed by atoms with Crippen molar-refractivity contribution < 1.29 is 28.6 Å². The van der Waals surface area contributed by atoms with Crippen molar-refractivity contribution in [3.05, 3.63) is 97.2 Å². The molecule has 0 spiro atoms. The monoisotopic (exact) mass is 1030 g/mol. The van der Waals surface area contributed by atoms with Crippen LogP contribution in [-0.2, 0) is 28.6 Å². The summed E-state index contributed by atoms with van der Waals surface area (Å²) in [5.74, 6) is -0.887. The second-order valence-corrected chi connectivity index (χ2v) is 20.6. The summed E-state index contributed by atoms with van der Waals surface area (Å²) in [5.41, 5.74) is 0. The van der Waals surface area contributed by atoms with Crippen LogP contribution in [-0.4, -0.2) is 37.2 Å². The normalized spacial score (nSPS) is 12.7. The van der Waals surface area contributed by atoms with Gasteiger partial charge < -0.3 is 14.2 Å². The lowest BCUT2D eigenvalue weighted by molar-refractivity contribution is -0.167. The quantitative estimate of drug-likeness (QED) is 0.0261. The SMILES string of the molecule is CC/C=C\C/C=C\C/C=C\C/C=C\C/C=C\C/C=C\C/C=C\C/C=C\CCCCCCCCC(=O)OCC(COC(=O)CCCCCCCCCCC)OC(=O)CCCCCCCCCCCCCCCCCC. The second kappa shape index (κ2) is 61.9. The Bertz CT molecular complexity index is 1460. The molecule has 424 valence electrons. The van der Waals surface area contributed by atoms with Gasteiger partial charge >= 0.3 is 17.9 Å². The van der Waals surface area contributed by atoms with Crippen LogP contribution in [0.2, 0.25) is 0 Å². The van der Waals surface area contributed by atoms with E-state index in [4.69, 9.17) is 14.2 Å². The van der Waals surface area contributed by atoms with Gasteiger partial charge in [0, 0.05) is 19.3 Å². The summed E-state index contributed by atoms with van der Waals surface area (Å²) in [4.78, 5) is 38.1. The number of carbonyl (C=O) groups excluding carboxylic acids is 3. The van der Waals surface area contributed by atoms with Crippen molar-refractivity contribution in [2.24, 2.45) is 0 Å². The van der Waals surface area contributed by atoms with Gasteiger partial charge in [0.05, 0.1) is 0 Å². The fraction of sp³-hybridized carbons (Fsp3) is 0.721. The number of unbranched alkanes of at least 4 members (excludes halogenated alkanes) is 29. The van der Waals surface area contributed by atoms with Crippen LogP contribution < -0.4 is 0 Å². The molecule has 1 atom stereocenters. The minimum atomic E-state index is -0.780. The van der Waals surface area contributed by atoms with Gasteiger partial charge in [-0.25, -0.2) is 0 Å². The smallest absolute Gasteiger partial charge is 0.306 e. The summed E-state index contributed by atoms with van der Waals surface area (Å²) < 4.78 is 16.8. The zero-order valence-electron chi connectivity index (χ0n) is 48.6. The number of rotatable bonds is 56. The Morgan fingerprint density at radius 1 is 0.284 bits per heavy atom. The molecule has 6 nitrogen and oxygen atoms in total. The average Bonchev–Trinajstić information content (AvgIpc) is 3.40. The molecule has 0 aromatic rings. The predicted octanol–water partition coefficient (Wildman–Crippen LogP) is 21.3. The van der Waals surface area contributed by atoms with E-state index in [9.17, 15) is 14.4 Å². The first-order valence-corrected chi connectivity index (χ1v) is 31.2. The predicted molar refractivity (Wildman–Crippen MR) is 320 cm³/mol. The largest absolute Gasteiger partial charge is 0.462 e. The molecule has 0 aromatic carbocycles. The van der Waals surface area contributed by atoms with Gasteiger partial charge in [-0.15, -0.1) is 0 Å². The molecule has 0 bridgehead atoms. The summed E-state index contributed by atoms with van der Waals surface area (Å²) in [6.45, 7) is 6.52. The molecule has 74 heavy (non-hydrogen) atoms. The van der Waals surface area contributed by atoms with Crippen LogP contribution in [0.1, 0.15) is 297 Å². The third-order valence-corrected chi connectivity index (χ3v) is 13.4. The molecule has 0 fully saturated rings. The molecule has 0 saturated carbocycles. The minimum absolute atomic E-state index is 0.0782. The molecule has 0 radical (unpaired) electrons. The summed E-state index contributed by atoms with van der Waals surface area (Å²) in [7, 11) is 0. The molecular weight excluding hydrogens is 913 g/mol. The fourth-order valence-corrected chi connectivity index (χ4v) is 8.69. The Hall–Kier alpha value is -3.67. The highest BCUT2D eigenvalue weighted by Crippen LogP contribution is 2.16. The zero-order valence-corrected chi connectivity index (χ0v) is 48.6. The van der Waals surface area contributed by atoms with E-state index in [1.807, 2.05) is 0 Å². The van der Waals surface area contributed by atoms with Crippen molar-refractivity contribution in [2.45, 2.75) is 303 Å². The maximum absolute atomic E-state index is 12.8. The van der Waals surface area contributed by atoms with Gasteiger partial charge in [-0.05, 0) is 83.5 Å². The molecule has 0 amide bonds. The van der Waals surface area contributed by atoms with Crippen LogP contribution in [0, 0.1) is 0 Å². The number of esters is 3. The van der Waals surface area contributed by atoms with Gasteiger partial charge in [-0.1, -0.05) is 291 Å². The van der Waals surface area contributed by atoms with Crippen molar-refractivity contribution in [3.63, 3.8) is 0 Å². The maximum Gasteiger partial charge on any atom is 0.306 e. The Balaban J connectivity index is 4.23. The van der Waals surface area contributed by atoms with E-state index in [0.29, 0.717) is 19.3 Å². The van der Waals surface area contributed by atoms with E-state index in [0.717, 1.165) is 122 Å². The third-order valence-electron chi connectivity index (χ3n) is 13.4. The van der Waals surface area contributed by atoms with Crippen LogP contribution in [0.3, 0.4) is 0 Å². The van der Waals surface area contributed by atoms with Gasteiger partial charge in [0.15, 0.2) is 6.10 Å². The van der Waals surface area contributed by atoms with Gasteiger partial charge in [0.1, 0.15) is 13.2 Å². The average molecular weight is 1030 g/mol. The molecular formula is C68H116O6. The number of hydrogen-bond acceptors (Lipinski definition) is 6. The van der Waals surface area contributed by atoms with Crippen molar-refractivity contribution in [1.82, 2.24) is 0 Å². The molecule has 0 aromatic heterocycles. The lowest BCUT2D eigenvalue weighted by atomic mass is 10.0. The standard InChI is InChI=1S/C68H116O6/c1-4-7-10-13-16-19-21-23-25-27-28-29-30-31-32-33-34-35-36-37-38-39-40-41-43-44-46-49-52-55-58-61-67(70)73-64-65(63-72-66(69)60-57-54-51-48-18-15-12-9-6-3)74-68(71)62-59-56-53-50-47-45-42-26-24-22-20-17-14-11-8-5-2/h7,10,16,19,23,25,28-29,31-32,34-35,37-38,40-41,65H,4-6,8-9,11-15,17-18,20-22,24,26-27,30,33,36,39,42-64H2,1-3H3/b10-7-,19-16-,25-23-,29-28-,32-31-,35-34-,38-37-,41-40-. The van der Waals surface area contributed by atoms with Crippen LogP contribution >= 0.6 is 0 Å². The first kappa shape index (κ1) is 70.3. The molecule has 0 aliphatic rings. The summed E-state index contributed by atoms with van der Waals surface area (Å²) >= 11 is 0. The van der Waals surface area contributed by atoms with E-state index >= 15 is 0 Å². The van der Waals surface area contributed by atoms with Gasteiger partial charge in [-0.2, -0.15) is 0 Å². The molecule has 6 heteroatoms. The minimum Gasteiger partial charge on any atom is -0.462 e. The van der Waals surface area contributed by atoms with E-state index in [-0.39, 0.29) is 31.1 Å². The van der Waals surface area contributed by atoms with E-state index < -0.39 is 6.10 Å². The second-order valence-electron chi connectivity index (χ2n) is 20.6. The molecule has 0 aliphatic carbocycles. The maximum atomic E-state index is 12.8. The van der Waals surface area contributed by atoms with E-state index in [1.165, 1.54) is 135 Å². The van der Waals surface area contributed by atoms with Gasteiger partial charge in [0.2, 0.25) is 0 Å². The lowest BCUT2D eigenvalue weighted by Crippen LogP contribution is -2.30. The molecule has 0 rings (SSSR count). The Morgan fingerprint density at radius 3 is 0.824 bits per heavy atom. The fourth-order valence-electron chi connectivity index (χ4n) is 8.69. The summed E-state index contributed by atoms with van der Waals surface area (Å²) in [5, 5.41) is 0.